The maximum Gasteiger partial charge on any atom is 0.206 e. The van der Waals surface area contributed by atoms with Crippen LogP contribution in [0.2, 0.25) is 5.02 Å². The average Bonchev–Trinajstić information content (AvgIpc) is 3.16. The molecular weight excluding hydrogens is 344 g/mol. The molecule has 0 spiro atoms. The second-order valence-electron chi connectivity index (χ2n) is 5.88. The Morgan fingerprint density at radius 1 is 1.29 bits per heavy atom. The fraction of sp³-hybridized carbons (Fsp3) is 0.375. The molecule has 4 rings (SSSR count). The summed E-state index contributed by atoms with van der Waals surface area (Å²) in [5, 5.41) is 19.0. The normalized spacial score (nSPS) is 16.8. The zero-order valence-corrected chi connectivity index (χ0v) is 14.8. The molecule has 6 nitrogen and oxygen atoms in total. The maximum absolute atomic E-state index is 5.92. The van der Waals surface area contributed by atoms with Crippen LogP contribution in [0.15, 0.2) is 24.3 Å². The van der Waals surface area contributed by atoms with Crippen molar-refractivity contribution in [2.24, 2.45) is 0 Å². The molecule has 0 amide bonds. The SMILES string of the molecule is Cc1nc2n(n1)CCCC2Nc1nnc(Cc2ccc(Cl)cc2)s1. The van der Waals surface area contributed by atoms with Gasteiger partial charge in [0.15, 0.2) is 0 Å². The van der Waals surface area contributed by atoms with Crippen molar-refractivity contribution in [3.05, 3.63) is 51.5 Å². The molecular formula is C16H17ClN6S. The minimum atomic E-state index is 0.149. The van der Waals surface area contributed by atoms with Gasteiger partial charge in [-0.15, -0.1) is 10.2 Å². The van der Waals surface area contributed by atoms with E-state index in [1.165, 1.54) is 5.56 Å². The summed E-state index contributed by atoms with van der Waals surface area (Å²) < 4.78 is 1.99. The summed E-state index contributed by atoms with van der Waals surface area (Å²) in [6.45, 7) is 2.86. The molecule has 0 fully saturated rings. The second kappa shape index (κ2) is 6.49. The molecule has 0 bridgehead atoms. The van der Waals surface area contributed by atoms with Crippen molar-refractivity contribution in [3.63, 3.8) is 0 Å². The Balaban J connectivity index is 1.47. The van der Waals surface area contributed by atoms with Gasteiger partial charge in [0.2, 0.25) is 5.13 Å². The lowest BCUT2D eigenvalue weighted by Gasteiger charge is -2.22. The van der Waals surface area contributed by atoms with Crippen LogP contribution in [0, 0.1) is 6.92 Å². The first-order valence-electron chi connectivity index (χ1n) is 7.92. The highest BCUT2D eigenvalue weighted by molar-refractivity contribution is 7.15. The van der Waals surface area contributed by atoms with E-state index in [1.807, 2.05) is 35.9 Å². The van der Waals surface area contributed by atoms with Gasteiger partial charge < -0.3 is 5.32 Å². The van der Waals surface area contributed by atoms with Crippen LogP contribution >= 0.6 is 22.9 Å². The van der Waals surface area contributed by atoms with E-state index in [0.717, 1.165) is 52.6 Å². The van der Waals surface area contributed by atoms with Gasteiger partial charge in [0.1, 0.15) is 16.7 Å². The van der Waals surface area contributed by atoms with Crippen LogP contribution in [-0.4, -0.2) is 25.0 Å². The number of aromatic nitrogens is 5. The number of benzene rings is 1. The zero-order chi connectivity index (χ0) is 16.5. The number of hydrogen-bond donors (Lipinski definition) is 1. The first-order valence-corrected chi connectivity index (χ1v) is 9.11. The van der Waals surface area contributed by atoms with Crippen LogP contribution in [-0.2, 0) is 13.0 Å². The van der Waals surface area contributed by atoms with Crippen molar-refractivity contribution < 1.29 is 0 Å². The van der Waals surface area contributed by atoms with Crippen LogP contribution < -0.4 is 5.32 Å². The predicted octanol–water partition coefficient (Wildman–Crippen LogP) is 3.63. The fourth-order valence-corrected chi connectivity index (χ4v) is 3.87. The highest BCUT2D eigenvalue weighted by Gasteiger charge is 2.24. The first-order chi connectivity index (χ1) is 11.7. The quantitative estimate of drug-likeness (QED) is 0.769. The Labute approximate surface area is 148 Å². The van der Waals surface area contributed by atoms with E-state index in [-0.39, 0.29) is 6.04 Å². The molecule has 1 N–H and O–H groups in total. The Bertz CT molecular complexity index is 841. The summed E-state index contributed by atoms with van der Waals surface area (Å²) in [6.07, 6.45) is 2.88. The molecule has 2 aromatic heterocycles. The summed E-state index contributed by atoms with van der Waals surface area (Å²) in [7, 11) is 0. The standard InChI is InChI=1S/C16H17ClN6S/c1-10-18-15-13(3-2-8-23(15)22-10)19-16-21-20-14(24-16)9-11-4-6-12(17)7-5-11/h4-7,13H,2-3,8-9H2,1H3,(H,19,21). The molecule has 1 aromatic carbocycles. The molecule has 0 aliphatic carbocycles. The van der Waals surface area contributed by atoms with Crippen molar-refractivity contribution in [1.29, 1.82) is 0 Å². The van der Waals surface area contributed by atoms with E-state index >= 15 is 0 Å². The van der Waals surface area contributed by atoms with Crippen LogP contribution in [0.25, 0.3) is 0 Å². The first kappa shape index (κ1) is 15.5. The summed E-state index contributed by atoms with van der Waals surface area (Å²) in [4.78, 5) is 4.54. The molecule has 3 heterocycles. The predicted molar refractivity (Wildman–Crippen MR) is 94.5 cm³/mol. The average molecular weight is 361 g/mol. The molecule has 1 atom stereocenters. The molecule has 24 heavy (non-hydrogen) atoms. The molecule has 1 aliphatic heterocycles. The second-order valence-corrected chi connectivity index (χ2v) is 7.38. The number of hydrogen-bond acceptors (Lipinski definition) is 6. The molecule has 0 saturated heterocycles. The number of aryl methyl sites for hydroxylation is 2. The van der Waals surface area contributed by atoms with Crippen molar-refractivity contribution in [1.82, 2.24) is 25.0 Å². The molecule has 8 heteroatoms. The van der Waals surface area contributed by atoms with Crippen molar-refractivity contribution in [3.8, 4) is 0 Å². The van der Waals surface area contributed by atoms with Gasteiger partial charge in [-0.25, -0.2) is 9.67 Å². The lowest BCUT2D eigenvalue weighted by molar-refractivity contribution is 0.437. The van der Waals surface area contributed by atoms with E-state index in [0.29, 0.717) is 0 Å². The van der Waals surface area contributed by atoms with Crippen molar-refractivity contribution in [2.45, 2.75) is 38.8 Å². The smallest absolute Gasteiger partial charge is 0.206 e. The van der Waals surface area contributed by atoms with Crippen LogP contribution in [0.4, 0.5) is 5.13 Å². The Hall–Kier alpha value is -1.99. The molecule has 3 aromatic rings. The van der Waals surface area contributed by atoms with E-state index in [4.69, 9.17) is 11.6 Å². The third kappa shape index (κ3) is 3.27. The lowest BCUT2D eigenvalue weighted by Crippen LogP contribution is -2.22. The van der Waals surface area contributed by atoms with Crippen LogP contribution in [0.1, 0.15) is 41.1 Å². The Morgan fingerprint density at radius 3 is 2.96 bits per heavy atom. The fourth-order valence-electron chi connectivity index (χ4n) is 2.91. The number of nitrogens with one attached hydrogen (secondary N) is 1. The number of halogens is 1. The van der Waals surface area contributed by atoms with Gasteiger partial charge >= 0.3 is 0 Å². The van der Waals surface area contributed by atoms with Gasteiger partial charge in [-0.3, -0.25) is 0 Å². The minimum Gasteiger partial charge on any atom is -0.350 e. The van der Waals surface area contributed by atoms with Gasteiger partial charge in [-0.1, -0.05) is 35.1 Å². The van der Waals surface area contributed by atoms with E-state index in [2.05, 4.69) is 25.6 Å². The largest absolute Gasteiger partial charge is 0.350 e. The van der Waals surface area contributed by atoms with E-state index in [1.54, 1.807) is 11.3 Å². The third-order valence-corrected chi connectivity index (χ3v) is 5.12. The van der Waals surface area contributed by atoms with Gasteiger partial charge in [0.25, 0.3) is 0 Å². The van der Waals surface area contributed by atoms with Gasteiger partial charge in [0, 0.05) is 18.0 Å². The number of nitrogens with zero attached hydrogens (tertiary/aromatic N) is 5. The van der Waals surface area contributed by atoms with E-state index < -0.39 is 0 Å². The summed E-state index contributed by atoms with van der Waals surface area (Å²) >= 11 is 7.51. The molecule has 124 valence electrons. The highest BCUT2D eigenvalue weighted by atomic mass is 35.5. The Kier molecular flexibility index (Phi) is 4.20. The van der Waals surface area contributed by atoms with Gasteiger partial charge in [-0.2, -0.15) is 5.10 Å². The van der Waals surface area contributed by atoms with E-state index in [9.17, 15) is 0 Å². The lowest BCUT2D eigenvalue weighted by atomic mass is 10.1. The topological polar surface area (TPSA) is 68.5 Å². The van der Waals surface area contributed by atoms with Crippen LogP contribution in [0.3, 0.4) is 0 Å². The van der Waals surface area contributed by atoms with Gasteiger partial charge in [0.05, 0.1) is 6.04 Å². The highest BCUT2D eigenvalue weighted by Crippen LogP contribution is 2.29. The van der Waals surface area contributed by atoms with Gasteiger partial charge in [-0.05, 0) is 37.5 Å². The zero-order valence-electron chi connectivity index (χ0n) is 13.2. The summed E-state index contributed by atoms with van der Waals surface area (Å²) in [6, 6.07) is 7.98. The maximum atomic E-state index is 5.92. The van der Waals surface area contributed by atoms with Crippen LogP contribution in [0.5, 0.6) is 0 Å². The van der Waals surface area contributed by atoms with Crippen molar-refractivity contribution >= 4 is 28.1 Å². The molecule has 0 saturated carbocycles. The number of anilines is 1. The van der Waals surface area contributed by atoms with Crippen molar-refractivity contribution in [2.75, 3.05) is 5.32 Å². The number of rotatable bonds is 4. The third-order valence-electron chi connectivity index (χ3n) is 4.01. The minimum absolute atomic E-state index is 0.149. The molecule has 1 unspecified atom stereocenters. The summed E-state index contributed by atoms with van der Waals surface area (Å²) in [5.41, 5.74) is 1.18. The number of fused-ring (bicyclic) bond motifs is 1. The summed E-state index contributed by atoms with van der Waals surface area (Å²) in [5.74, 6) is 1.81. The molecule has 1 aliphatic rings. The Morgan fingerprint density at radius 2 is 2.12 bits per heavy atom. The molecule has 0 radical (unpaired) electrons. The monoisotopic (exact) mass is 360 g/mol.